The van der Waals surface area contributed by atoms with E-state index in [-0.39, 0.29) is 22.2 Å². The van der Waals surface area contributed by atoms with Crippen molar-refractivity contribution in [2.24, 2.45) is 5.92 Å². The van der Waals surface area contributed by atoms with Crippen LogP contribution in [-0.4, -0.2) is 49.5 Å². The molecular formula is C14H18N4O4S. The molecule has 2 aromatic rings. The number of H-pyrrole nitrogens is 2. The molecule has 23 heavy (non-hydrogen) atoms. The number of fused-ring (bicyclic) bond motifs is 1. The highest BCUT2D eigenvalue weighted by molar-refractivity contribution is 7.89. The van der Waals surface area contributed by atoms with E-state index in [1.54, 1.807) is 0 Å². The summed E-state index contributed by atoms with van der Waals surface area (Å²) in [7, 11) is -1.80. The van der Waals surface area contributed by atoms with Crippen LogP contribution in [0.1, 0.15) is 6.92 Å². The monoisotopic (exact) mass is 338 g/mol. The Bertz CT molecular complexity index is 963. The highest BCUT2D eigenvalue weighted by Gasteiger charge is 2.31. The lowest BCUT2D eigenvalue weighted by molar-refractivity contribution is 0.400. The first-order chi connectivity index (χ1) is 10.8. The molecule has 2 unspecified atom stereocenters. The third kappa shape index (κ3) is 3.07. The molecule has 0 amide bonds. The molecule has 3 rings (SSSR count). The van der Waals surface area contributed by atoms with Crippen LogP contribution in [0.15, 0.2) is 32.7 Å². The number of hydrogen-bond acceptors (Lipinski definition) is 5. The molecule has 124 valence electrons. The number of aromatic nitrogens is 2. The molecule has 1 saturated heterocycles. The Hall–Kier alpha value is -1.97. The van der Waals surface area contributed by atoms with Gasteiger partial charge in [-0.2, -0.15) is 0 Å². The molecule has 0 saturated carbocycles. The first-order valence-corrected chi connectivity index (χ1v) is 8.72. The van der Waals surface area contributed by atoms with Crippen LogP contribution >= 0.6 is 0 Å². The highest BCUT2D eigenvalue weighted by Crippen LogP contribution is 2.19. The van der Waals surface area contributed by atoms with E-state index in [0.717, 1.165) is 6.54 Å². The highest BCUT2D eigenvalue weighted by atomic mass is 32.2. The van der Waals surface area contributed by atoms with Crippen molar-refractivity contribution >= 4 is 20.9 Å². The van der Waals surface area contributed by atoms with Crippen molar-refractivity contribution in [1.29, 1.82) is 0 Å². The summed E-state index contributed by atoms with van der Waals surface area (Å²) in [5.74, 6) is 0.204. The van der Waals surface area contributed by atoms with Crippen LogP contribution in [0.2, 0.25) is 0 Å². The molecule has 0 aliphatic carbocycles. The van der Waals surface area contributed by atoms with Crippen molar-refractivity contribution in [1.82, 2.24) is 19.6 Å². The molecular weight excluding hydrogens is 320 g/mol. The van der Waals surface area contributed by atoms with Crippen molar-refractivity contribution in [3.63, 3.8) is 0 Å². The van der Waals surface area contributed by atoms with Crippen LogP contribution < -0.4 is 16.0 Å². The van der Waals surface area contributed by atoms with E-state index < -0.39 is 21.3 Å². The molecule has 8 nitrogen and oxygen atoms in total. The van der Waals surface area contributed by atoms with Gasteiger partial charge in [-0.15, -0.1) is 0 Å². The average Bonchev–Trinajstić information content (AvgIpc) is 2.75. The van der Waals surface area contributed by atoms with Crippen molar-refractivity contribution in [2.45, 2.75) is 17.9 Å². The average molecular weight is 338 g/mol. The van der Waals surface area contributed by atoms with Gasteiger partial charge in [0, 0.05) is 19.1 Å². The van der Waals surface area contributed by atoms with Gasteiger partial charge in [0.2, 0.25) is 10.0 Å². The van der Waals surface area contributed by atoms with Gasteiger partial charge in [-0.3, -0.25) is 9.78 Å². The molecule has 1 aromatic heterocycles. The molecule has 9 heteroatoms. The number of rotatable bonds is 3. The number of benzene rings is 1. The molecule has 1 fully saturated rings. The number of hydrogen-bond donors (Lipinski definition) is 3. The van der Waals surface area contributed by atoms with Gasteiger partial charge < -0.3 is 9.88 Å². The van der Waals surface area contributed by atoms with Gasteiger partial charge in [0.05, 0.1) is 15.8 Å². The second-order valence-electron chi connectivity index (χ2n) is 6.04. The minimum atomic E-state index is -3.74. The summed E-state index contributed by atoms with van der Waals surface area (Å²) < 4.78 is 27.8. The first kappa shape index (κ1) is 15.9. The molecule has 0 radical (unpaired) electrons. The van der Waals surface area contributed by atoms with E-state index >= 15 is 0 Å². The fourth-order valence-corrected chi connectivity index (χ4v) is 4.30. The first-order valence-electron chi connectivity index (χ1n) is 7.23. The molecule has 0 spiro atoms. The maximum atomic E-state index is 12.5. The number of nitrogens with zero attached hydrogens (tertiary/aromatic N) is 1. The van der Waals surface area contributed by atoms with Crippen molar-refractivity contribution < 1.29 is 8.42 Å². The van der Waals surface area contributed by atoms with E-state index in [9.17, 15) is 18.0 Å². The zero-order valence-corrected chi connectivity index (χ0v) is 13.6. The Labute approximate surface area is 132 Å². The Balaban J connectivity index is 1.98. The maximum Gasteiger partial charge on any atom is 0.326 e. The van der Waals surface area contributed by atoms with E-state index in [2.05, 4.69) is 19.6 Å². The maximum absolute atomic E-state index is 12.5. The van der Waals surface area contributed by atoms with Crippen LogP contribution in [-0.2, 0) is 10.0 Å². The van der Waals surface area contributed by atoms with E-state index in [0.29, 0.717) is 12.1 Å². The molecule has 1 aliphatic rings. The lowest BCUT2D eigenvalue weighted by Crippen LogP contribution is -2.39. The summed E-state index contributed by atoms with van der Waals surface area (Å²) >= 11 is 0. The Morgan fingerprint density at radius 1 is 1.22 bits per heavy atom. The van der Waals surface area contributed by atoms with E-state index in [1.165, 1.54) is 18.2 Å². The molecule has 2 atom stereocenters. The summed E-state index contributed by atoms with van der Waals surface area (Å²) in [5, 5.41) is 0.129. The number of likely N-dealkylation sites (N-methyl/N-ethyl adjacent to an activating group) is 1. The zero-order chi connectivity index (χ0) is 16.8. The van der Waals surface area contributed by atoms with Crippen LogP contribution in [0.3, 0.4) is 0 Å². The Kier molecular flexibility index (Phi) is 3.86. The normalized spacial score (nSPS) is 22.7. The SMILES string of the molecule is CC1CN(C)CC1NS(=O)(=O)c1ccc2[nH]c(=O)[nH]c(=O)c2c1. The second-order valence-corrected chi connectivity index (χ2v) is 7.76. The summed E-state index contributed by atoms with van der Waals surface area (Å²) in [5.41, 5.74) is -0.944. The summed E-state index contributed by atoms with van der Waals surface area (Å²) in [6.07, 6.45) is 0. The fourth-order valence-electron chi connectivity index (χ4n) is 2.94. The lowest BCUT2D eigenvalue weighted by atomic mass is 10.1. The lowest BCUT2D eigenvalue weighted by Gasteiger charge is -2.16. The number of likely N-dealkylation sites (tertiary alicyclic amines) is 1. The summed E-state index contributed by atoms with van der Waals surface area (Å²) in [6.45, 7) is 3.46. The van der Waals surface area contributed by atoms with E-state index in [1.807, 2.05) is 14.0 Å². The standard InChI is InChI=1S/C14H18N4O4S/c1-8-6-18(2)7-12(8)17-23(21,22)9-3-4-11-10(5-9)13(19)16-14(20)15-11/h3-5,8,12,17H,6-7H2,1-2H3,(H2,15,16,19,20). The topological polar surface area (TPSA) is 115 Å². The molecule has 1 aromatic carbocycles. The van der Waals surface area contributed by atoms with Gasteiger partial charge in [-0.1, -0.05) is 6.92 Å². The Morgan fingerprint density at radius 2 is 1.96 bits per heavy atom. The van der Waals surface area contributed by atoms with Crippen LogP contribution in [0.25, 0.3) is 10.9 Å². The predicted molar refractivity (Wildman–Crippen MR) is 86.0 cm³/mol. The van der Waals surface area contributed by atoms with E-state index in [4.69, 9.17) is 0 Å². The van der Waals surface area contributed by atoms with Crippen LogP contribution in [0, 0.1) is 5.92 Å². The van der Waals surface area contributed by atoms with Gasteiger partial charge >= 0.3 is 5.69 Å². The van der Waals surface area contributed by atoms with Crippen LogP contribution in [0.5, 0.6) is 0 Å². The minimum absolute atomic E-state index is 0.00398. The zero-order valence-electron chi connectivity index (χ0n) is 12.8. The van der Waals surface area contributed by atoms with Gasteiger partial charge in [-0.05, 0) is 31.2 Å². The van der Waals surface area contributed by atoms with Gasteiger partial charge in [0.15, 0.2) is 0 Å². The molecule has 2 heterocycles. The quantitative estimate of drug-likeness (QED) is 0.694. The summed E-state index contributed by atoms with van der Waals surface area (Å²) in [6, 6.07) is 3.90. The van der Waals surface area contributed by atoms with Gasteiger partial charge in [0.1, 0.15) is 0 Å². The Morgan fingerprint density at radius 3 is 2.61 bits per heavy atom. The number of aromatic amines is 2. The largest absolute Gasteiger partial charge is 0.326 e. The second kappa shape index (κ2) is 5.59. The van der Waals surface area contributed by atoms with Gasteiger partial charge in [-0.25, -0.2) is 17.9 Å². The van der Waals surface area contributed by atoms with Crippen molar-refractivity contribution in [3.8, 4) is 0 Å². The predicted octanol–water partition coefficient (Wildman–Crippen LogP) is -0.555. The number of sulfonamides is 1. The van der Waals surface area contributed by atoms with Gasteiger partial charge in [0.25, 0.3) is 5.56 Å². The third-order valence-electron chi connectivity index (χ3n) is 4.12. The molecule has 1 aliphatic heterocycles. The summed E-state index contributed by atoms with van der Waals surface area (Å²) in [4.78, 5) is 29.7. The molecule has 3 N–H and O–H groups in total. The third-order valence-corrected chi connectivity index (χ3v) is 5.61. The van der Waals surface area contributed by atoms with Crippen molar-refractivity contribution in [3.05, 3.63) is 39.0 Å². The fraction of sp³-hybridized carbons (Fsp3) is 0.429. The van der Waals surface area contributed by atoms with Crippen molar-refractivity contribution in [2.75, 3.05) is 20.1 Å². The minimum Gasteiger partial charge on any atom is -0.307 e. The molecule has 0 bridgehead atoms. The smallest absolute Gasteiger partial charge is 0.307 e. The number of nitrogens with one attached hydrogen (secondary N) is 3. The van der Waals surface area contributed by atoms with Crippen LogP contribution in [0.4, 0.5) is 0 Å².